The lowest BCUT2D eigenvalue weighted by Gasteiger charge is -2.35. The Morgan fingerprint density at radius 2 is 1.95 bits per heavy atom. The normalized spacial score (nSPS) is 15.5. The van der Waals surface area contributed by atoms with E-state index in [0.717, 1.165) is 32.1 Å². The molecule has 1 heterocycles. The van der Waals surface area contributed by atoms with Crippen LogP contribution in [0.2, 0.25) is 10.0 Å². The van der Waals surface area contributed by atoms with Gasteiger partial charge in [-0.05, 0) is 37.5 Å². The first-order chi connectivity index (χ1) is 8.56. The van der Waals surface area contributed by atoms with E-state index in [-0.39, 0.29) is 12.4 Å². The number of halogens is 3. The molecule has 2 rings (SSSR count). The van der Waals surface area contributed by atoms with Crippen LogP contribution >= 0.6 is 35.6 Å². The molecule has 0 radical (unpaired) electrons. The quantitative estimate of drug-likeness (QED) is 0.885. The molecule has 0 spiro atoms. The number of nitrogens with zero attached hydrogens (tertiary/aromatic N) is 1. The van der Waals surface area contributed by atoms with Crippen molar-refractivity contribution in [3.8, 4) is 0 Å². The molecule has 19 heavy (non-hydrogen) atoms. The van der Waals surface area contributed by atoms with Gasteiger partial charge in [-0.25, -0.2) is 0 Å². The zero-order valence-electron chi connectivity index (χ0n) is 11.3. The standard InChI is InChI=1S/C14H20Cl2N2.ClH/c1-10(2)18(9-12-6-17-7-12)8-11-3-4-13(15)14(16)5-11;/h3-5,10,12,17H,6-9H2,1-2H3;1H. The highest BCUT2D eigenvalue weighted by molar-refractivity contribution is 6.42. The van der Waals surface area contributed by atoms with Crippen molar-refractivity contribution in [3.63, 3.8) is 0 Å². The summed E-state index contributed by atoms with van der Waals surface area (Å²) < 4.78 is 0. The largest absolute Gasteiger partial charge is 0.316 e. The van der Waals surface area contributed by atoms with Gasteiger partial charge in [0.1, 0.15) is 0 Å². The van der Waals surface area contributed by atoms with Gasteiger partial charge in [-0.2, -0.15) is 0 Å². The van der Waals surface area contributed by atoms with Crippen LogP contribution in [0.25, 0.3) is 0 Å². The van der Waals surface area contributed by atoms with E-state index in [1.807, 2.05) is 12.1 Å². The second kappa shape index (κ2) is 7.70. The minimum absolute atomic E-state index is 0. The van der Waals surface area contributed by atoms with E-state index < -0.39 is 0 Å². The van der Waals surface area contributed by atoms with Gasteiger partial charge in [-0.1, -0.05) is 29.3 Å². The van der Waals surface area contributed by atoms with Gasteiger partial charge < -0.3 is 5.32 Å². The Bertz CT molecular complexity index is 406. The average Bonchev–Trinajstić information content (AvgIpc) is 2.26. The zero-order valence-corrected chi connectivity index (χ0v) is 13.7. The van der Waals surface area contributed by atoms with Gasteiger partial charge in [0.05, 0.1) is 10.0 Å². The SMILES string of the molecule is CC(C)N(Cc1ccc(Cl)c(Cl)c1)CC1CNC1.Cl. The highest BCUT2D eigenvalue weighted by atomic mass is 35.5. The second-order valence-electron chi connectivity index (χ2n) is 5.30. The molecule has 2 nitrogen and oxygen atoms in total. The Hall–Kier alpha value is 0.01000. The fraction of sp³-hybridized carbons (Fsp3) is 0.571. The van der Waals surface area contributed by atoms with Crippen LogP contribution < -0.4 is 5.32 Å². The third kappa shape index (κ3) is 4.80. The Morgan fingerprint density at radius 3 is 2.42 bits per heavy atom. The van der Waals surface area contributed by atoms with Crippen LogP contribution in [-0.2, 0) is 6.54 Å². The lowest BCUT2D eigenvalue weighted by molar-refractivity contribution is 0.152. The van der Waals surface area contributed by atoms with E-state index >= 15 is 0 Å². The molecule has 0 unspecified atom stereocenters. The molecule has 0 aromatic heterocycles. The van der Waals surface area contributed by atoms with Gasteiger partial charge in [-0.3, -0.25) is 4.90 Å². The molecule has 1 aliphatic rings. The molecular weight excluding hydrogens is 303 g/mol. The average molecular weight is 324 g/mol. The predicted molar refractivity (Wildman–Crippen MR) is 85.6 cm³/mol. The molecule has 0 amide bonds. The summed E-state index contributed by atoms with van der Waals surface area (Å²) in [5.74, 6) is 0.787. The van der Waals surface area contributed by atoms with Crippen molar-refractivity contribution in [2.75, 3.05) is 19.6 Å². The molecular formula is C14H21Cl3N2. The van der Waals surface area contributed by atoms with E-state index in [1.54, 1.807) is 0 Å². The highest BCUT2D eigenvalue weighted by Gasteiger charge is 2.21. The molecule has 1 N–H and O–H groups in total. The molecule has 1 aliphatic heterocycles. The molecule has 0 saturated carbocycles. The minimum Gasteiger partial charge on any atom is -0.316 e. The van der Waals surface area contributed by atoms with Crippen molar-refractivity contribution in [1.29, 1.82) is 0 Å². The first-order valence-electron chi connectivity index (χ1n) is 6.45. The maximum absolute atomic E-state index is 6.06. The zero-order chi connectivity index (χ0) is 13.1. The van der Waals surface area contributed by atoms with Crippen LogP contribution in [0, 0.1) is 5.92 Å². The Kier molecular flexibility index (Phi) is 6.92. The number of benzene rings is 1. The van der Waals surface area contributed by atoms with Crippen LogP contribution in [-0.4, -0.2) is 30.6 Å². The van der Waals surface area contributed by atoms with Gasteiger partial charge in [-0.15, -0.1) is 12.4 Å². The molecule has 1 aromatic rings. The van der Waals surface area contributed by atoms with Crippen LogP contribution in [0.3, 0.4) is 0 Å². The fourth-order valence-corrected chi connectivity index (χ4v) is 2.46. The Labute approximate surface area is 131 Å². The predicted octanol–water partition coefficient (Wildman–Crippen LogP) is 3.85. The number of hydrogen-bond donors (Lipinski definition) is 1. The minimum atomic E-state index is 0. The third-order valence-corrected chi connectivity index (χ3v) is 4.20. The lowest BCUT2D eigenvalue weighted by atomic mass is 10.0. The summed E-state index contributed by atoms with van der Waals surface area (Å²) >= 11 is 12.0. The van der Waals surface area contributed by atoms with E-state index in [0.29, 0.717) is 16.1 Å². The highest BCUT2D eigenvalue weighted by Crippen LogP contribution is 2.24. The Balaban J connectivity index is 0.00000180. The fourth-order valence-electron chi connectivity index (χ4n) is 2.14. The molecule has 108 valence electrons. The van der Waals surface area contributed by atoms with Crippen molar-refractivity contribution in [2.24, 2.45) is 5.92 Å². The van der Waals surface area contributed by atoms with Crippen molar-refractivity contribution >= 4 is 35.6 Å². The summed E-state index contributed by atoms with van der Waals surface area (Å²) in [5, 5.41) is 4.59. The smallest absolute Gasteiger partial charge is 0.0595 e. The molecule has 1 fully saturated rings. The molecule has 5 heteroatoms. The lowest BCUT2D eigenvalue weighted by Crippen LogP contribution is -2.49. The summed E-state index contributed by atoms with van der Waals surface area (Å²) in [7, 11) is 0. The van der Waals surface area contributed by atoms with Gasteiger partial charge >= 0.3 is 0 Å². The van der Waals surface area contributed by atoms with E-state index in [1.165, 1.54) is 5.56 Å². The summed E-state index contributed by atoms with van der Waals surface area (Å²) in [4.78, 5) is 2.49. The van der Waals surface area contributed by atoms with Crippen molar-refractivity contribution in [2.45, 2.75) is 26.4 Å². The monoisotopic (exact) mass is 322 g/mol. The van der Waals surface area contributed by atoms with Crippen molar-refractivity contribution < 1.29 is 0 Å². The maximum Gasteiger partial charge on any atom is 0.0595 e. The van der Waals surface area contributed by atoms with E-state index in [9.17, 15) is 0 Å². The summed E-state index contributed by atoms with van der Waals surface area (Å²) in [5.41, 5.74) is 1.23. The van der Waals surface area contributed by atoms with Gasteiger partial charge in [0, 0.05) is 32.2 Å². The van der Waals surface area contributed by atoms with Crippen LogP contribution in [0.1, 0.15) is 19.4 Å². The molecule has 0 atom stereocenters. The summed E-state index contributed by atoms with van der Waals surface area (Å²) in [6, 6.07) is 6.45. The second-order valence-corrected chi connectivity index (χ2v) is 6.11. The van der Waals surface area contributed by atoms with Crippen LogP contribution in [0.4, 0.5) is 0 Å². The van der Waals surface area contributed by atoms with E-state index in [4.69, 9.17) is 23.2 Å². The molecule has 1 aromatic carbocycles. The maximum atomic E-state index is 6.06. The van der Waals surface area contributed by atoms with Crippen LogP contribution in [0.5, 0.6) is 0 Å². The Morgan fingerprint density at radius 1 is 1.26 bits per heavy atom. The van der Waals surface area contributed by atoms with Gasteiger partial charge in [0.15, 0.2) is 0 Å². The topological polar surface area (TPSA) is 15.3 Å². The first kappa shape index (κ1) is 17.1. The third-order valence-electron chi connectivity index (χ3n) is 3.46. The number of rotatable bonds is 5. The molecule has 1 saturated heterocycles. The number of hydrogen-bond acceptors (Lipinski definition) is 2. The number of nitrogens with one attached hydrogen (secondary N) is 1. The first-order valence-corrected chi connectivity index (χ1v) is 7.20. The van der Waals surface area contributed by atoms with Crippen LogP contribution in [0.15, 0.2) is 18.2 Å². The van der Waals surface area contributed by atoms with Gasteiger partial charge in [0.2, 0.25) is 0 Å². The van der Waals surface area contributed by atoms with Gasteiger partial charge in [0.25, 0.3) is 0 Å². The van der Waals surface area contributed by atoms with Crippen molar-refractivity contribution in [1.82, 2.24) is 10.2 Å². The van der Waals surface area contributed by atoms with Crippen molar-refractivity contribution in [3.05, 3.63) is 33.8 Å². The van der Waals surface area contributed by atoms with E-state index in [2.05, 4.69) is 30.1 Å². The summed E-state index contributed by atoms with van der Waals surface area (Å²) in [6.45, 7) is 8.85. The summed E-state index contributed by atoms with van der Waals surface area (Å²) in [6.07, 6.45) is 0. The molecule has 0 aliphatic carbocycles. The molecule has 0 bridgehead atoms.